The highest BCUT2D eigenvalue weighted by Gasteiger charge is 2.18. The molecule has 0 fully saturated rings. The number of nitrogens with one attached hydrogen (secondary N) is 1. The van der Waals surface area contributed by atoms with Crippen LogP contribution in [-0.4, -0.2) is 32.1 Å². The molecule has 0 spiro atoms. The lowest BCUT2D eigenvalue weighted by atomic mass is 10.2. The molecular formula is C23H22N2O4S3. The summed E-state index contributed by atoms with van der Waals surface area (Å²) in [7, 11) is -3.67. The van der Waals surface area contributed by atoms with Gasteiger partial charge in [0.15, 0.2) is 0 Å². The van der Waals surface area contributed by atoms with Gasteiger partial charge in [0.2, 0.25) is 15.7 Å². The van der Waals surface area contributed by atoms with Gasteiger partial charge in [-0.3, -0.25) is 4.79 Å². The fourth-order valence-corrected chi connectivity index (χ4v) is 6.24. The van der Waals surface area contributed by atoms with Crippen molar-refractivity contribution in [3.05, 3.63) is 84.4 Å². The molecule has 3 aromatic rings. The number of aldehydes is 1. The van der Waals surface area contributed by atoms with Gasteiger partial charge in [0.25, 0.3) is 0 Å². The minimum atomic E-state index is -3.67. The van der Waals surface area contributed by atoms with Crippen molar-refractivity contribution in [2.24, 2.45) is 0 Å². The van der Waals surface area contributed by atoms with Gasteiger partial charge in [-0.2, -0.15) is 0 Å². The maximum atomic E-state index is 12.7. The molecule has 0 saturated heterocycles. The van der Waals surface area contributed by atoms with Crippen molar-refractivity contribution in [3.8, 4) is 0 Å². The second kappa shape index (κ2) is 11.2. The van der Waals surface area contributed by atoms with Gasteiger partial charge in [-0.05, 0) is 54.1 Å². The van der Waals surface area contributed by atoms with Gasteiger partial charge < -0.3 is 15.8 Å². The quantitative estimate of drug-likeness (QED) is 0.248. The van der Waals surface area contributed by atoms with Gasteiger partial charge in [0.05, 0.1) is 25.9 Å². The van der Waals surface area contributed by atoms with E-state index in [2.05, 4.69) is 5.32 Å². The molecule has 0 heterocycles. The Morgan fingerprint density at radius 2 is 1.50 bits per heavy atom. The molecule has 0 radical (unpaired) electrons. The molecule has 9 heteroatoms. The largest absolute Gasteiger partial charge is 0.399 e. The summed E-state index contributed by atoms with van der Waals surface area (Å²) >= 11 is 2.90. The Bertz CT molecular complexity index is 1150. The average Bonchev–Trinajstić information content (AvgIpc) is 2.80. The first-order valence-corrected chi connectivity index (χ1v) is 13.2. The van der Waals surface area contributed by atoms with E-state index in [0.717, 1.165) is 11.8 Å². The zero-order valence-electron chi connectivity index (χ0n) is 17.0. The molecule has 0 aliphatic carbocycles. The highest BCUT2D eigenvalue weighted by molar-refractivity contribution is 8.16. The molecule has 0 bridgehead atoms. The predicted molar refractivity (Wildman–Crippen MR) is 132 cm³/mol. The summed E-state index contributed by atoms with van der Waals surface area (Å²) in [5.41, 5.74) is 7.65. The summed E-state index contributed by atoms with van der Waals surface area (Å²) in [4.78, 5) is 23.5. The second-order valence-electron chi connectivity index (χ2n) is 6.70. The van der Waals surface area contributed by atoms with E-state index in [-0.39, 0.29) is 26.0 Å². The van der Waals surface area contributed by atoms with Crippen LogP contribution >= 0.6 is 23.5 Å². The summed E-state index contributed by atoms with van der Waals surface area (Å²) in [6.45, 7) is 0. The molecule has 1 unspecified atom stereocenters. The number of amides is 1. The van der Waals surface area contributed by atoms with Crippen molar-refractivity contribution in [2.45, 2.75) is 14.4 Å². The Hall–Kier alpha value is -2.75. The van der Waals surface area contributed by atoms with Crippen molar-refractivity contribution < 1.29 is 18.0 Å². The number of carbonyl (C=O) groups is 2. The zero-order chi connectivity index (χ0) is 23.0. The number of carbonyl (C=O) groups excluding carboxylic acids is 2. The highest BCUT2D eigenvalue weighted by atomic mass is 32.2. The van der Waals surface area contributed by atoms with Crippen LogP contribution in [0.4, 0.5) is 11.4 Å². The maximum Gasteiger partial charge on any atom is 0.234 e. The van der Waals surface area contributed by atoms with Gasteiger partial charge in [-0.1, -0.05) is 30.3 Å². The Balaban J connectivity index is 1.61. The molecule has 3 aromatic carbocycles. The van der Waals surface area contributed by atoms with Crippen LogP contribution in [0.5, 0.6) is 0 Å². The van der Waals surface area contributed by atoms with Gasteiger partial charge in [-0.25, -0.2) is 8.42 Å². The number of rotatable bonds is 10. The third kappa shape index (κ3) is 6.38. The van der Waals surface area contributed by atoms with E-state index < -0.39 is 9.84 Å². The standard InChI is InChI=1S/C23H22N2O4S3/c24-18-6-10-20(11-7-18)32(28,29)21-12-8-19(9-13-21)25-22(27)16-31-23(30-15-14-26)17-4-2-1-3-5-17/h1-14,23H,15-16,24H2,(H,25,27). The smallest absolute Gasteiger partial charge is 0.234 e. The van der Waals surface area contributed by atoms with Gasteiger partial charge in [0, 0.05) is 11.4 Å². The number of anilines is 2. The third-order valence-electron chi connectivity index (χ3n) is 4.39. The Morgan fingerprint density at radius 3 is 2.09 bits per heavy atom. The SMILES string of the molecule is Nc1ccc(S(=O)(=O)c2ccc(NC(=O)CSC(SCC=O)c3ccccc3)cc2)cc1. The Kier molecular flexibility index (Phi) is 8.38. The molecule has 6 nitrogen and oxygen atoms in total. The van der Waals surface area contributed by atoms with E-state index in [1.807, 2.05) is 30.3 Å². The van der Waals surface area contributed by atoms with Gasteiger partial charge >= 0.3 is 0 Å². The highest BCUT2D eigenvalue weighted by Crippen LogP contribution is 2.38. The predicted octanol–water partition coefficient (Wildman–Crippen LogP) is 4.40. The molecular weight excluding hydrogens is 464 g/mol. The van der Waals surface area contributed by atoms with Gasteiger partial charge in [0.1, 0.15) is 6.29 Å². The van der Waals surface area contributed by atoms with Gasteiger partial charge in [-0.15, -0.1) is 23.5 Å². The lowest BCUT2D eigenvalue weighted by molar-refractivity contribution is -0.113. The van der Waals surface area contributed by atoms with E-state index in [0.29, 0.717) is 17.1 Å². The summed E-state index contributed by atoms with van der Waals surface area (Å²) in [5.74, 6) is 0.325. The topological polar surface area (TPSA) is 106 Å². The number of benzene rings is 3. The third-order valence-corrected chi connectivity index (χ3v) is 8.90. The monoisotopic (exact) mass is 486 g/mol. The Labute approximate surface area is 195 Å². The van der Waals surface area contributed by atoms with E-state index in [9.17, 15) is 18.0 Å². The molecule has 0 aliphatic rings. The lowest BCUT2D eigenvalue weighted by Crippen LogP contribution is -2.15. The van der Waals surface area contributed by atoms with Crippen LogP contribution in [0.25, 0.3) is 0 Å². The first-order valence-electron chi connectivity index (χ1n) is 9.62. The van der Waals surface area contributed by atoms with Crippen molar-refractivity contribution in [1.82, 2.24) is 0 Å². The molecule has 1 atom stereocenters. The van der Waals surface area contributed by atoms with Crippen LogP contribution in [0.1, 0.15) is 10.1 Å². The van der Waals surface area contributed by atoms with Crippen LogP contribution in [-0.2, 0) is 19.4 Å². The molecule has 166 valence electrons. The van der Waals surface area contributed by atoms with Crippen LogP contribution in [0.15, 0.2) is 88.7 Å². The number of sulfone groups is 1. The first-order chi connectivity index (χ1) is 15.4. The molecule has 0 saturated carbocycles. The van der Waals surface area contributed by atoms with Crippen LogP contribution in [0, 0.1) is 0 Å². The minimum absolute atomic E-state index is 0.0421. The van der Waals surface area contributed by atoms with Crippen LogP contribution in [0.3, 0.4) is 0 Å². The van der Waals surface area contributed by atoms with Crippen molar-refractivity contribution >= 4 is 56.9 Å². The maximum absolute atomic E-state index is 12.7. The normalized spacial score (nSPS) is 12.1. The fraction of sp³-hybridized carbons (Fsp3) is 0.130. The molecule has 32 heavy (non-hydrogen) atoms. The second-order valence-corrected chi connectivity index (χ2v) is 11.2. The van der Waals surface area contributed by atoms with E-state index in [4.69, 9.17) is 5.73 Å². The van der Waals surface area contributed by atoms with E-state index >= 15 is 0 Å². The number of hydrogen-bond donors (Lipinski definition) is 2. The lowest BCUT2D eigenvalue weighted by Gasteiger charge is -2.15. The zero-order valence-corrected chi connectivity index (χ0v) is 19.5. The molecule has 3 rings (SSSR count). The van der Waals surface area contributed by atoms with E-state index in [1.54, 1.807) is 12.1 Å². The van der Waals surface area contributed by atoms with Crippen LogP contribution in [0.2, 0.25) is 0 Å². The molecule has 3 N–H and O–H groups in total. The summed E-state index contributed by atoms with van der Waals surface area (Å²) in [6, 6.07) is 21.7. The summed E-state index contributed by atoms with van der Waals surface area (Å²) < 4.78 is 25.4. The number of nitrogens with two attached hydrogens (primary N) is 1. The average molecular weight is 487 g/mol. The first kappa shape index (κ1) is 23.9. The summed E-state index contributed by atoms with van der Waals surface area (Å²) in [6.07, 6.45) is 0.848. The van der Waals surface area contributed by atoms with E-state index in [1.165, 1.54) is 59.9 Å². The molecule has 0 aliphatic heterocycles. The van der Waals surface area contributed by atoms with Crippen LogP contribution < -0.4 is 11.1 Å². The number of nitrogen functional groups attached to an aromatic ring is 1. The summed E-state index contributed by atoms with van der Waals surface area (Å²) in [5, 5.41) is 2.78. The molecule has 0 aromatic heterocycles. The number of thioether (sulfide) groups is 2. The Morgan fingerprint density at radius 1 is 0.906 bits per heavy atom. The van der Waals surface area contributed by atoms with Crippen molar-refractivity contribution in [3.63, 3.8) is 0 Å². The van der Waals surface area contributed by atoms with Crippen molar-refractivity contribution in [2.75, 3.05) is 22.6 Å². The van der Waals surface area contributed by atoms with Crippen molar-refractivity contribution in [1.29, 1.82) is 0 Å². The number of hydrogen-bond acceptors (Lipinski definition) is 7. The molecule has 1 amide bonds. The minimum Gasteiger partial charge on any atom is -0.399 e. The fourth-order valence-electron chi connectivity index (χ4n) is 2.83.